The van der Waals surface area contributed by atoms with Crippen LogP contribution in [0.3, 0.4) is 0 Å². The highest BCUT2D eigenvalue weighted by Gasteiger charge is 2.21. The Morgan fingerprint density at radius 3 is 2.74 bits per heavy atom. The van der Waals surface area contributed by atoms with Crippen LogP contribution in [-0.2, 0) is 0 Å². The summed E-state index contributed by atoms with van der Waals surface area (Å²) in [4.78, 5) is 9.00. The second-order valence-electron chi connectivity index (χ2n) is 5.99. The fourth-order valence-corrected chi connectivity index (χ4v) is 3.11. The van der Waals surface area contributed by atoms with Crippen molar-refractivity contribution in [3.05, 3.63) is 16.5 Å². The summed E-state index contributed by atoms with van der Waals surface area (Å²) in [6.45, 7) is 7.65. The average molecular weight is 326 g/mol. The lowest BCUT2D eigenvalue weighted by atomic mass is 9.80. The van der Waals surface area contributed by atoms with Crippen molar-refractivity contribution in [2.45, 2.75) is 52.4 Å². The van der Waals surface area contributed by atoms with Crippen LogP contribution in [0.1, 0.15) is 58.2 Å². The molecular formula is C15H24BrN3. The summed E-state index contributed by atoms with van der Waals surface area (Å²) in [5, 5.41) is 3.50. The second-order valence-corrected chi connectivity index (χ2v) is 6.80. The maximum absolute atomic E-state index is 4.59. The first-order chi connectivity index (χ1) is 9.06. The van der Waals surface area contributed by atoms with Gasteiger partial charge in [-0.15, -0.1) is 0 Å². The third kappa shape index (κ3) is 4.16. The SMILES string of the molecule is CC(C)c1nc(Br)cc(NCC2CCCCC2C)n1. The van der Waals surface area contributed by atoms with Crippen molar-refractivity contribution in [1.29, 1.82) is 0 Å². The first-order valence-electron chi connectivity index (χ1n) is 7.34. The van der Waals surface area contributed by atoms with Gasteiger partial charge in [-0.3, -0.25) is 0 Å². The first kappa shape index (κ1) is 14.8. The van der Waals surface area contributed by atoms with E-state index in [1.165, 1.54) is 25.7 Å². The minimum atomic E-state index is 0.353. The summed E-state index contributed by atoms with van der Waals surface area (Å²) in [6.07, 6.45) is 5.49. The van der Waals surface area contributed by atoms with Gasteiger partial charge in [-0.1, -0.05) is 40.0 Å². The number of hydrogen-bond donors (Lipinski definition) is 1. The van der Waals surface area contributed by atoms with Crippen LogP contribution in [0.5, 0.6) is 0 Å². The minimum Gasteiger partial charge on any atom is -0.370 e. The number of halogens is 1. The highest BCUT2D eigenvalue weighted by molar-refractivity contribution is 9.10. The Morgan fingerprint density at radius 1 is 1.32 bits per heavy atom. The maximum atomic E-state index is 4.59. The van der Waals surface area contributed by atoms with Crippen molar-refractivity contribution in [1.82, 2.24) is 9.97 Å². The van der Waals surface area contributed by atoms with Crippen molar-refractivity contribution < 1.29 is 0 Å². The Kier molecular flexibility index (Phi) is 5.20. The number of anilines is 1. The lowest BCUT2D eigenvalue weighted by Gasteiger charge is -2.29. The van der Waals surface area contributed by atoms with Crippen LogP contribution in [0.4, 0.5) is 5.82 Å². The lowest BCUT2D eigenvalue weighted by Crippen LogP contribution is -2.24. The first-order valence-corrected chi connectivity index (χ1v) is 8.14. The van der Waals surface area contributed by atoms with Crippen molar-refractivity contribution in [2.75, 3.05) is 11.9 Å². The van der Waals surface area contributed by atoms with Crippen LogP contribution in [0.25, 0.3) is 0 Å². The third-order valence-corrected chi connectivity index (χ3v) is 4.47. The van der Waals surface area contributed by atoms with E-state index in [4.69, 9.17) is 0 Å². The molecule has 0 aliphatic heterocycles. The highest BCUT2D eigenvalue weighted by atomic mass is 79.9. The van der Waals surface area contributed by atoms with Gasteiger partial charge in [0.1, 0.15) is 16.2 Å². The van der Waals surface area contributed by atoms with E-state index >= 15 is 0 Å². The van der Waals surface area contributed by atoms with Gasteiger partial charge in [0.25, 0.3) is 0 Å². The van der Waals surface area contributed by atoms with Gasteiger partial charge in [-0.2, -0.15) is 0 Å². The van der Waals surface area contributed by atoms with Crippen LogP contribution in [-0.4, -0.2) is 16.5 Å². The molecule has 2 unspecified atom stereocenters. The summed E-state index contributed by atoms with van der Waals surface area (Å²) in [7, 11) is 0. The molecule has 3 nitrogen and oxygen atoms in total. The second kappa shape index (κ2) is 6.69. The van der Waals surface area contributed by atoms with Crippen molar-refractivity contribution in [3.8, 4) is 0 Å². The van der Waals surface area contributed by atoms with Crippen LogP contribution in [0.15, 0.2) is 10.7 Å². The summed E-state index contributed by atoms with van der Waals surface area (Å²) in [5.41, 5.74) is 0. The van der Waals surface area contributed by atoms with Crippen molar-refractivity contribution in [3.63, 3.8) is 0 Å². The lowest BCUT2D eigenvalue weighted by molar-refractivity contribution is 0.268. The van der Waals surface area contributed by atoms with Gasteiger partial charge in [0.15, 0.2) is 0 Å². The van der Waals surface area contributed by atoms with E-state index in [1.54, 1.807) is 0 Å². The van der Waals surface area contributed by atoms with Gasteiger partial charge in [-0.05, 0) is 34.2 Å². The molecule has 106 valence electrons. The summed E-state index contributed by atoms with van der Waals surface area (Å²) in [6, 6.07) is 1.97. The van der Waals surface area contributed by atoms with Gasteiger partial charge in [0.2, 0.25) is 0 Å². The topological polar surface area (TPSA) is 37.8 Å². The average Bonchev–Trinajstić information content (AvgIpc) is 2.37. The number of nitrogens with one attached hydrogen (secondary N) is 1. The van der Waals surface area contributed by atoms with Crippen molar-refractivity contribution in [2.24, 2.45) is 11.8 Å². The van der Waals surface area contributed by atoms with E-state index in [2.05, 4.69) is 52.0 Å². The number of aromatic nitrogens is 2. The molecule has 2 atom stereocenters. The Labute approximate surface area is 124 Å². The number of hydrogen-bond acceptors (Lipinski definition) is 3. The largest absolute Gasteiger partial charge is 0.370 e. The zero-order valence-electron chi connectivity index (χ0n) is 12.1. The Hall–Kier alpha value is -0.640. The van der Waals surface area contributed by atoms with E-state index in [9.17, 15) is 0 Å². The molecule has 1 aromatic rings. The molecule has 2 rings (SSSR count). The number of nitrogens with zero attached hydrogens (tertiary/aromatic N) is 2. The molecule has 0 amide bonds. The predicted octanol–water partition coefficient (Wildman–Crippen LogP) is 4.60. The van der Waals surface area contributed by atoms with Crippen LogP contribution >= 0.6 is 15.9 Å². The van der Waals surface area contributed by atoms with Crippen LogP contribution < -0.4 is 5.32 Å². The van der Waals surface area contributed by atoms with E-state index in [0.717, 1.165) is 34.6 Å². The normalized spacial score (nSPS) is 23.6. The molecule has 0 saturated heterocycles. The van der Waals surface area contributed by atoms with Gasteiger partial charge in [0.05, 0.1) is 0 Å². The highest BCUT2D eigenvalue weighted by Crippen LogP contribution is 2.29. The van der Waals surface area contributed by atoms with Gasteiger partial charge < -0.3 is 5.32 Å². The molecule has 1 aromatic heterocycles. The molecule has 0 radical (unpaired) electrons. The zero-order valence-corrected chi connectivity index (χ0v) is 13.7. The van der Waals surface area contributed by atoms with E-state index < -0.39 is 0 Å². The molecule has 4 heteroatoms. The fraction of sp³-hybridized carbons (Fsp3) is 0.733. The molecule has 1 aliphatic carbocycles. The van der Waals surface area contributed by atoms with Gasteiger partial charge in [-0.25, -0.2) is 9.97 Å². The molecule has 1 fully saturated rings. The molecule has 1 aliphatic rings. The van der Waals surface area contributed by atoms with Gasteiger partial charge >= 0.3 is 0 Å². The molecule has 1 N–H and O–H groups in total. The summed E-state index contributed by atoms with van der Waals surface area (Å²) < 4.78 is 0.866. The standard InChI is InChI=1S/C15H24BrN3/c1-10(2)15-18-13(16)8-14(19-15)17-9-12-7-5-4-6-11(12)3/h8,10-12H,4-7,9H2,1-3H3,(H,17,18,19). The number of rotatable bonds is 4. The smallest absolute Gasteiger partial charge is 0.134 e. The molecule has 1 heterocycles. The maximum Gasteiger partial charge on any atom is 0.134 e. The molecule has 0 spiro atoms. The van der Waals surface area contributed by atoms with E-state index in [-0.39, 0.29) is 0 Å². The minimum absolute atomic E-state index is 0.353. The van der Waals surface area contributed by atoms with Crippen LogP contribution in [0, 0.1) is 11.8 Å². The monoisotopic (exact) mass is 325 g/mol. The summed E-state index contributed by atoms with van der Waals surface area (Å²) in [5.74, 6) is 3.81. The van der Waals surface area contributed by atoms with Crippen LogP contribution in [0.2, 0.25) is 0 Å². The fourth-order valence-electron chi connectivity index (χ4n) is 2.72. The Balaban J connectivity index is 1.98. The molecule has 1 saturated carbocycles. The van der Waals surface area contributed by atoms with Gasteiger partial charge in [0, 0.05) is 18.5 Å². The zero-order chi connectivity index (χ0) is 13.8. The molecular weight excluding hydrogens is 302 g/mol. The quantitative estimate of drug-likeness (QED) is 0.822. The van der Waals surface area contributed by atoms with E-state index in [1.807, 2.05) is 6.07 Å². The molecule has 0 bridgehead atoms. The Morgan fingerprint density at radius 2 is 2.05 bits per heavy atom. The third-order valence-electron chi connectivity index (χ3n) is 4.06. The van der Waals surface area contributed by atoms with Crippen molar-refractivity contribution >= 4 is 21.7 Å². The molecule has 19 heavy (non-hydrogen) atoms. The van der Waals surface area contributed by atoms with E-state index in [0.29, 0.717) is 5.92 Å². The summed E-state index contributed by atoms with van der Waals surface area (Å²) >= 11 is 3.47. The molecule has 0 aromatic carbocycles. The Bertz CT molecular complexity index is 420. The predicted molar refractivity (Wildman–Crippen MR) is 83.4 cm³/mol.